The quantitative estimate of drug-likeness (QED) is 0.481. The van der Waals surface area contributed by atoms with E-state index >= 15 is 0 Å². The molecule has 0 atom stereocenters. The van der Waals surface area contributed by atoms with Gasteiger partial charge in [-0.3, -0.25) is 4.79 Å². The number of amides is 1. The van der Waals surface area contributed by atoms with Gasteiger partial charge >= 0.3 is 0 Å². The summed E-state index contributed by atoms with van der Waals surface area (Å²) in [7, 11) is 0. The minimum atomic E-state index is 0.0700. The molecule has 8 heteroatoms. The second-order valence-electron chi connectivity index (χ2n) is 6.78. The molecule has 1 amide bonds. The van der Waals surface area contributed by atoms with Crippen molar-refractivity contribution in [3.8, 4) is 11.5 Å². The van der Waals surface area contributed by atoms with Crippen molar-refractivity contribution in [2.45, 2.75) is 36.1 Å². The molecule has 1 heterocycles. The molecule has 1 aliphatic carbocycles. The first-order valence-electron chi connectivity index (χ1n) is 9.60. The van der Waals surface area contributed by atoms with Gasteiger partial charge in [0.1, 0.15) is 11.5 Å². The van der Waals surface area contributed by atoms with Crippen LogP contribution in [0.3, 0.4) is 0 Å². The SMILES string of the molecule is O=C(CSc1nnc(Nc2ccc(Oc3ccccc3)cc2)s1)NC1CCCC1. The summed E-state index contributed by atoms with van der Waals surface area (Å²) in [6, 6.07) is 17.7. The van der Waals surface area contributed by atoms with Crippen LogP contribution in [0.15, 0.2) is 58.9 Å². The number of thioether (sulfide) groups is 1. The Kier molecular flexibility index (Phi) is 6.63. The molecule has 1 aliphatic rings. The van der Waals surface area contributed by atoms with Crippen LogP contribution in [0, 0.1) is 0 Å². The molecule has 29 heavy (non-hydrogen) atoms. The normalized spacial score (nSPS) is 13.9. The molecule has 0 unspecified atom stereocenters. The summed E-state index contributed by atoms with van der Waals surface area (Å²) in [5.74, 6) is 2.01. The number of aromatic nitrogens is 2. The second kappa shape index (κ2) is 9.76. The topological polar surface area (TPSA) is 76.1 Å². The van der Waals surface area contributed by atoms with E-state index in [1.807, 2.05) is 54.6 Å². The molecule has 150 valence electrons. The molecular weight excluding hydrogens is 404 g/mol. The van der Waals surface area contributed by atoms with Gasteiger partial charge in [0.05, 0.1) is 5.75 Å². The highest BCUT2D eigenvalue weighted by Crippen LogP contribution is 2.29. The third-order valence-corrected chi connectivity index (χ3v) is 6.51. The third kappa shape index (κ3) is 5.95. The highest BCUT2D eigenvalue weighted by atomic mass is 32.2. The van der Waals surface area contributed by atoms with Gasteiger partial charge in [0, 0.05) is 11.7 Å². The van der Waals surface area contributed by atoms with Crippen molar-refractivity contribution in [3.63, 3.8) is 0 Å². The van der Waals surface area contributed by atoms with E-state index in [2.05, 4.69) is 20.8 Å². The first kappa shape index (κ1) is 19.7. The van der Waals surface area contributed by atoms with Crippen molar-refractivity contribution in [2.75, 3.05) is 11.1 Å². The maximum Gasteiger partial charge on any atom is 0.230 e. The molecule has 0 saturated heterocycles. The van der Waals surface area contributed by atoms with Gasteiger partial charge in [0.2, 0.25) is 11.0 Å². The molecule has 1 saturated carbocycles. The summed E-state index contributed by atoms with van der Waals surface area (Å²) in [4.78, 5) is 12.0. The fourth-order valence-electron chi connectivity index (χ4n) is 3.14. The summed E-state index contributed by atoms with van der Waals surface area (Å²) in [5, 5.41) is 15.3. The number of benzene rings is 2. The number of para-hydroxylation sites is 1. The highest BCUT2D eigenvalue weighted by molar-refractivity contribution is 8.01. The maximum absolute atomic E-state index is 12.0. The Bertz CT molecular complexity index is 925. The number of nitrogens with one attached hydrogen (secondary N) is 2. The Hall–Kier alpha value is -2.58. The van der Waals surface area contributed by atoms with E-state index in [4.69, 9.17) is 4.74 Å². The van der Waals surface area contributed by atoms with Crippen LogP contribution < -0.4 is 15.4 Å². The van der Waals surface area contributed by atoms with Crippen molar-refractivity contribution in [1.82, 2.24) is 15.5 Å². The van der Waals surface area contributed by atoms with Crippen LogP contribution in [0.2, 0.25) is 0 Å². The van der Waals surface area contributed by atoms with Crippen molar-refractivity contribution in [2.24, 2.45) is 0 Å². The number of anilines is 2. The molecule has 0 bridgehead atoms. The van der Waals surface area contributed by atoms with Crippen LogP contribution in [0.1, 0.15) is 25.7 Å². The maximum atomic E-state index is 12.0. The van der Waals surface area contributed by atoms with E-state index in [9.17, 15) is 4.79 Å². The number of hydrogen-bond acceptors (Lipinski definition) is 7. The Morgan fingerprint density at radius 3 is 2.52 bits per heavy atom. The average molecular weight is 427 g/mol. The van der Waals surface area contributed by atoms with Gasteiger partial charge in [-0.15, -0.1) is 10.2 Å². The van der Waals surface area contributed by atoms with Gasteiger partial charge in [0.25, 0.3) is 0 Å². The highest BCUT2D eigenvalue weighted by Gasteiger charge is 2.17. The van der Waals surface area contributed by atoms with E-state index in [1.165, 1.54) is 35.9 Å². The second-order valence-corrected chi connectivity index (χ2v) is 8.98. The lowest BCUT2D eigenvalue weighted by Crippen LogP contribution is -2.33. The first-order chi connectivity index (χ1) is 14.2. The smallest absolute Gasteiger partial charge is 0.230 e. The Labute approximate surface area is 178 Å². The summed E-state index contributed by atoms with van der Waals surface area (Å²) in [6.07, 6.45) is 4.61. The van der Waals surface area contributed by atoms with Crippen LogP contribution in [-0.4, -0.2) is 27.9 Å². The minimum absolute atomic E-state index is 0.0700. The standard InChI is InChI=1S/C21H22N4O2S2/c26-19(22-15-6-4-5-7-15)14-28-21-25-24-20(29-21)23-16-10-12-18(13-11-16)27-17-8-2-1-3-9-17/h1-3,8-13,15H,4-7,14H2,(H,22,26)(H,23,24). The number of rotatable bonds is 8. The van der Waals surface area contributed by atoms with Crippen LogP contribution in [0.4, 0.5) is 10.8 Å². The largest absolute Gasteiger partial charge is 0.457 e. The molecule has 0 spiro atoms. The van der Waals surface area contributed by atoms with Crippen LogP contribution in [0.5, 0.6) is 11.5 Å². The lowest BCUT2D eigenvalue weighted by atomic mass is 10.2. The number of nitrogens with zero attached hydrogens (tertiary/aromatic N) is 2. The van der Waals surface area contributed by atoms with Crippen molar-refractivity contribution in [3.05, 3.63) is 54.6 Å². The summed E-state index contributed by atoms with van der Waals surface area (Å²) in [5.41, 5.74) is 0.900. The zero-order valence-electron chi connectivity index (χ0n) is 15.8. The van der Waals surface area contributed by atoms with E-state index in [0.717, 1.165) is 34.4 Å². The fraction of sp³-hybridized carbons (Fsp3) is 0.286. The Morgan fingerprint density at radius 1 is 1.03 bits per heavy atom. The Morgan fingerprint density at radius 2 is 1.76 bits per heavy atom. The third-order valence-electron chi connectivity index (χ3n) is 4.54. The van der Waals surface area contributed by atoms with Gasteiger partial charge in [-0.1, -0.05) is 54.1 Å². The lowest BCUT2D eigenvalue weighted by Gasteiger charge is -2.10. The molecule has 6 nitrogen and oxygen atoms in total. The van der Waals surface area contributed by atoms with E-state index in [1.54, 1.807) is 0 Å². The minimum Gasteiger partial charge on any atom is -0.457 e. The molecule has 1 fully saturated rings. The number of carbonyl (C=O) groups excluding carboxylic acids is 1. The van der Waals surface area contributed by atoms with Crippen molar-refractivity contribution < 1.29 is 9.53 Å². The Balaban J connectivity index is 1.25. The predicted molar refractivity (Wildman–Crippen MR) is 117 cm³/mol. The molecule has 0 aliphatic heterocycles. The molecule has 2 aromatic carbocycles. The van der Waals surface area contributed by atoms with Crippen LogP contribution in [0.25, 0.3) is 0 Å². The van der Waals surface area contributed by atoms with Crippen LogP contribution in [-0.2, 0) is 4.79 Å². The molecule has 1 aromatic heterocycles. The molecule has 2 N–H and O–H groups in total. The first-order valence-corrected chi connectivity index (χ1v) is 11.4. The lowest BCUT2D eigenvalue weighted by molar-refractivity contribution is -0.119. The molecule has 4 rings (SSSR count). The van der Waals surface area contributed by atoms with Gasteiger partial charge in [-0.2, -0.15) is 0 Å². The van der Waals surface area contributed by atoms with Gasteiger partial charge in [-0.25, -0.2) is 0 Å². The van der Waals surface area contributed by atoms with E-state index in [0.29, 0.717) is 16.9 Å². The number of hydrogen-bond donors (Lipinski definition) is 2. The number of carbonyl (C=O) groups is 1. The van der Waals surface area contributed by atoms with Gasteiger partial charge in [-0.05, 0) is 49.2 Å². The van der Waals surface area contributed by atoms with Crippen LogP contribution >= 0.6 is 23.1 Å². The van der Waals surface area contributed by atoms with Gasteiger partial charge in [0.15, 0.2) is 4.34 Å². The van der Waals surface area contributed by atoms with Crippen molar-refractivity contribution in [1.29, 1.82) is 0 Å². The zero-order chi connectivity index (χ0) is 19.9. The number of ether oxygens (including phenoxy) is 1. The average Bonchev–Trinajstić information content (AvgIpc) is 3.41. The summed E-state index contributed by atoms with van der Waals surface area (Å²) >= 11 is 2.86. The molecular formula is C21H22N4O2S2. The van der Waals surface area contributed by atoms with Gasteiger partial charge < -0.3 is 15.4 Å². The zero-order valence-corrected chi connectivity index (χ0v) is 17.5. The van der Waals surface area contributed by atoms with E-state index in [-0.39, 0.29) is 5.91 Å². The van der Waals surface area contributed by atoms with Crippen molar-refractivity contribution >= 4 is 39.8 Å². The molecule has 0 radical (unpaired) electrons. The van der Waals surface area contributed by atoms with E-state index < -0.39 is 0 Å². The summed E-state index contributed by atoms with van der Waals surface area (Å²) < 4.78 is 6.57. The summed E-state index contributed by atoms with van der Waals surface area (Å²) in [6.45, 7) is 0. The predicted octanol–water partition coefficient (Wildman–Crippen LogP) is 5.22. The monoisotopic (exact) mass is 426 g/mol. The molecule has 3 aromatic rings. The fourth-order valence-corrected chi connectivity index (χ4v) is 4.72.